The monoisotopic (exact) mass is 406 g/mol. The molecule has 0 aliphatic carbocycles. The molecule has 0 radical (unpaired) electrons. The lowest BCUT2D eigenvalue weighted by Crippen LogP contribution is -2.50. The van der Waals surface area contributed by atoms with E-state index in [1.54, 1.807) is 13.0 Å². The molecule has 28 heavy (non-hydrogen) atoms. The third kappa shape index (κ3) is 4.50. The highest BCUT2D eigenvalue weighted by Gasteiger charge is 2.42. The summed E-state index contributed by atoms with van der Waals surface area (Å²) in [4.78, 5) is 0. The number of benzene rings is 2. The molecule has 1 aliphatic rings. The summed E-state index contributed by atoms with van der Waals surface area (Å²) in [5.74, 6) is 0.411. The van der Waals surface area contributed by atoms with Crippen molar-refractivity contribution in [1.29, 1.82) is 0 Å². The number of ether oxygens (including phenoxy) is 2. The van der Waals surface area contributed by atoms with Gasteiger partial charge in [-0.2, -0.15) is 0 Å². The first kappa shape index (κ1) is 21.1. The number of aliphatic hydroxyl groups excluding tert-OH is 3. The number of hydrogen-bond acceptors (Lipinski definition) is 5. The first-order valence-corrected chi connectivity index (χ1v) is 9.94. The van der Waals surface area contributed by atoms with E-state index < -0.39 is 30.3 Å². The van der Waals surface area contributed by atoms with Gasteiger partial charge in [0.25, 0.3) is 0 Å². The molecule has 0 aromatic heterocycles. The fourth-order valence-corrected chi connectivity index (χ4v) is 3.77. The maximum absolute atomic E-state index is 10.6. The van der Waals surface area contributed by atoms with E-state index in [-0.39, 0.29) is 6.61 Å². The van der Waals surface area contributed by atoms with Gasteiger partial charge in [-0.15, -0.1) is 0 Å². The standard InChI is InChI=1S/C22H27ClO5/c1-3-27-17-7-4-14(5-8-17)10-16-11-15(6-9-18(16)23)22-21(26)13(2)20(25)19(12-24)28-22/h4-9,11,13,19-22,24-26H,3,10,12H2,1-2H3/t13-,19?,20-,21+,22?/m0/s1. The summed E-state index contributed by atoms with van der Waals surface area (Å²) in [6.07, 6.45) is -2.52. The van der Waals surface area contributed by atoms with Crippen molar-refractivity contribution < 1.29 is 24.8 Å². The SMILES string of the molecule is CCOc1ccc(Cc2cc(C3OC(CO)[C@@H](O)[C@H](C)[C@H]3O)ccc2Cl)cc1. The average Bonchev–Trinajstić information content (AvgIpc) is 2.70. The van der Waals surface area contributed by atoms with Crippen LogP contribution in [0.25, 0.3) is 0 Å². The quantitative estimate of drug-likeness (QED) is 0.687. The molecule has 1 saturated heterocycles. The van der Waals surface area contributed by atoms with Crippen LogP contribution in [0.4, 0.5) is 0 Å². The molecule has 0 spiro atoms. The Labute approximate surface area is 170 Å². The Morgan fingerprint density at radius 3 is 2.43 bits per heavy atom. The van der Waals surface area contributed by atoms with Crippen LogP contribution >= 0.6 is 11.6 Å². The first-order chi connectivity index (χ1) is 13.4. The van der Waals surface area contributed by atoms with Crippen molar-refractivity contribution >= 4 is 11.6 Å². The smallest absolute Gasteiger partial charge is 0.119 e. The topological polar surface area (TPSA) is 79.2 Å². The van der Waals surface area contributed by atoms with Gasteiger partial charge >= 0.3 is 0 Å². The zero-order valence-corrected chi connectivity index (χ0v) is 16.8. The molecule has 0 saturated carbocycles. The fraction of sp³-hybridized carbons (Fsp3) is 0.455. The summed E-state index contributed by atoms with van der Waals surface area (Å²) in [5.41, 5.74) is 2.78. The minimum atomic E-state index is -0.910. The van der Waals surface area contributed by atoms with Gasteiger partial charge in [-0.05, 0) is 48.2 Å². The van der Waals surface area contributed by atoms with Crippen molar-refractivity contribution in [3.63, 3.8) is 0 Å². The van der Waals surface area contributed by atoms with Crippen molar-refractivity contribution in [3.8, 4) is 5.75 Å². The van der Waals surface area contributed by atoms with Crippen LogP contribution in [0.3, 0.4) is 0 Å². The maximum atomic E-state index is 10.6. The van der Waals surface area contributed by atoms with Crippen LogP contribution in [0.1, 0.15) is 36.6 Å². The normalized spacial score (nSPS) is 27.6. The second kappa shape index (κ2) is 9.25. The van der Waals surface area contributed by atoms with E-state index in [1.165, 1.54) is 0 Å². The summed E-state index contributed by atoms with van der Waals surface area (Å²) in [6, 6.07) is 13.4. The summed E-state index contributed by atoms with van der Waals surface area (Å²) in [7, 11) is 0. The predicted molar refractivity (Wildman–Crippen MR) is 108 cm³/mol. The molecule has 1 aliphatic heterocycles. The van der Waals surface area contributed by atoms with Gasteiger partial charge in [-0.1, -0.05) is 42.8 Å². The summed E-state index contributed by atoms with van der Waals surface area (Å²) < 4.78 is 11.3. The number of hydrogen-bond donors (Lipinski definition) is 3. The molecule has 1 heterocycles. The summed E-state index contributed by atoms with van der Waals surface area (Å²) >= 11 is 6.40. The molecule has 2 aromatic rings. The number of rotatable bonds is 6. The number of halogens is 1. The largest absolute Gasteiger partial charge is 0.494 e. The van der Waals surface area contributed by atoms with Crippen LogP contribution in [0.2, 0.25) is 5.02 Å². The lowest BCUT2D eigenvalue weighted by atomic mass is 9.84. The lowest BCUT2D eigenvalue weighted by Gasteiger charge is -2.41. The van der Waals surface area contributed by atoms with Gasteiger partial charge in [0.15, 0.2) is 0 Å². The third-order valence-corrected chi connectivity index (χ3v) is 5.67. The molecule has 1 fully saturated rings. The lowest BCUT2D eigenvalue weighted by molar-refractivity contribution is -0.207. The molecule has 2 aromatic carbocycles. The molecule has 3 N–H and O–H groups in total. The Kier molecular flexibility index (Phi) is 6.96. The Balaban J connectivity index is 1.82. The molecule has 2 unspecified atom stereocenters. The molecule has 5 atom stereocenters. The third-order valence-electron chi connectivity index (χ3n) is 5.30. The Morgan fingerprint density at radius 2 is 1.79 bits per heavy atom. The predicted octanol–water partition coefficient (Wildman–Crippen LogP) is 3.12. The molecule has 3 rings (SSSR count). The second-order valence-corrected chi connectivity index (χ2v) is 7.63. The Bertz CT molecular complexity index is 777. The zero-order chi connectivity index (χ0) is 20.3. The van der Waals surface area contributed by atoms with Crippen LogP contribution in [0, 0.1) is 5.92 Å². The molecule has 5 nitrogen and oxygen atoms in total. The molecular weight excluding hydrogens is 380 g/mol. The minimum Gasteiger partial charge on any atom is -0.494 e. The van der Waals surface area contributed by atoms with Crippen LogP contribution in [-0.2, 0) is 11.2 Å². The van der Waals surface area contributed by atoms with Crippen molar-refractivity contribution in [1.82, 2.24) is 0 Å². The molecular formula is C22H27ClO5. The number of aliphatic hydroxyl groups is 3. The van der Waals surface area contributed by atoms with Crippen LogP contribution in [0.5, 0.6) is 5.75 Å². The van der Waals surface area contributed by atoms with Gasteiger partial charge < -0.3 is 24.8 Å². The van der Waals surface area contributed by atoms with Crippen molar-refractivity contribution in [2.75, 3.05) is 13.2 Å². The van der Waals surface area contributed by atoms with Gasteiger partial charge in [0.2, 0.25) is 0 Å². The van der Waals surface area contributed by atoms with Gasteiger partial charge in [-0.3, -0.25) is 0 Å². The highest BCUT2D eigenvalue weighted by molar-refractivity contribution is 6.31. The fourth-order valence-electron chi connectivity index (χ4n) is 3.59. The highest BCUT2D eigenvalue weighted by Crippen LogP contribution is 2.37. The van der Waals surface area contributed by atoms with Crippen LogP contribution < -0.4 is 4.74 Å². The Hall–Kier alpha value is -1.63. The van der Waals surface area contributed by atoms with E-state index in [1.807, 2.05) is 43.3 Å². The van der Waals surface area contributed by atoms with Crippen LogP contribution in [0.15, 0.2) is 42.5 Å². The van der Waals surface area contributed by atoms with Gasteiger partial charge in [0, 0.05) is 10.9 Å². The van der Waals surface area contributed by atoms with Gasteiger partial charge in [0.1, 0.15) is 18.0 Å². The zero-order valence-electron chi connectivity index (χ0n) is 16.1. The van der Waals surface area contributed by atoms with Crippen molar-refractivity contribution in [2.45, 2.75) is 44.7 Å². The second-order valence-electron chi connectivity index (χ2n) is 7.22. The first-order valence-electron chi connectivity index (χ1n) is 9.57. The van der Waals surface area contributed by atoms with Crippen molar-refractivity contribution in [3.05, 3.63) is 64.2 Å². The van der Waals surface area contributed by atoms with E-state index in [4.69, 9.17) is 21.1 Å². The van der Waals surface area contributed by atoms with E-state index in [9.17, 15) is 15.3 Å². The molecule has 6 heteroatoms. The molecule has 0 amide bonds. The van der Waals surface area contributed by atoms with Gasteiger partial charge in [-0.25, -0.2) is 0 Å². The average molecular weight is 407 g/mol. The summed E-state index contributed by atoms with van der Waals surface area (Å²) in [5, 5.41) is 30.9. The molecule has 0 bridgehead atoms. The maximum Gasteiger partial charge on any atom is 0.119 e. The Morgan fingerprint density at radius 1 is 1.07 bits per heavy atom. The van der Waals surface area contributed by atoms with E-state index in [2.05, 4.69) is 0 Å². The van der Waals surface area contributed by atoms with E-state index in [0.29, 0.717) is 18.1 Å². The molecule has 152 valence electrons. The van der Waals surface area contributed by atoms with E-state index >= 15 is 0 Å². The summed E-state index contributed by atoms with van der Waals surface area (Å²) in [6.45, 7) is 4.02. The van der Waals surface area contributed by atoms with Crippen molar-refractivity contribution in [2.24, 2.45) is 5.92 Å². The van der Waals surface area contributed by atoms with Crippen LogP contribution in [-0.4, -0.2) is 46.8 Å². The van der Waals surface area contributed by atoms with E-state index in [0.717, 1.165) is 22.4 Å². The highest BCUT2D eigenvalue weighted by atomic mass is 35.5. The minimum absolute atomic E-state index is 0.304. The van der Waals surface area contributed by atoms with Gasteiger partial charge in [0.05, 0.1) is 25.4 Å².